The van der Waals surface area contributed by atoms with Crippen molar-refractivity contribution in [2.24, 2.45) is 0 Å². The Hall–Kier alpha value is -3.33. The van der Waals surface area contributed by atoms with Gasteiger partial charge in [0, 0.05) is 23.5 Å². The van der Waals surface area contributed by atoms with E-state index in [4.69, 9.17) is 4.42 Å². The Morgan fingerprint density at radius 2 is 2.00 bits per heavy atom. The number of nitrogens with zero attached hydrogens (tertiary/aromatic N) is 4. The molecule has 0 amide bonds. The van der Waals surface area contributed by atoms with Crippen LogP contribution in [-0.2, 0) is 6.54 Å². The molecule has 9 heteroatoms. The summed E-state index contributed by atoms with van der Waals surface area (Å²) in [5.74, 6) is -1.12. The quantitative estimate of drug-likeness (QED) is 0.334. The van der Waals surface area contributed by atoms with Gasteiger partial charge in [0.1, 0.15) is 5.76 Å². The predicted octanol–water partition coefficient (Wildman–Crippen LogP) is 4.23. The van der Waals surface area contributed by atoms with Gasteiger partial charge in [0.05, 0.1) is 18.6 Å². The van der Waals surface area contributed by atoms with Crippen LogP contribution in [0.3, 0.4) is 0 Å². The number of carbonyl (C=O) groups is 1. The molecule has 0 spiro atoms. The van der Waals surface area contributed by atoms with Crippen molar-refractivity contribution < 1.29 is 18.0 Å². The lowest BCUT2D eigenvalue weighted by Gasteiger charge is -2.08. The Kier molecular flexibility index (Phi) is 5.48. The summed E-state index contributed by atoms with van der Waals surface area (Å²) >= 11 is 1.16. The van der Waals surface area contributed by atoms with Gasteiger partial charge in [0.25, 0.3) is 0 Å². The Morgan fingerprint density at radius 3 is 2.72 bits per heavy atom. The van der Waals surface area contributed by atoms with Gasteiger partial charge in [-0.3, -0.25) is 14.3 Å². The van der Waals surface area contributed by atoms with Crippen molar-refractivity contribution in [3.05, 3.63) is 84.1 Å². The lowest BCUT2D eigenvalue weighted by molar-refractivity contribution is 0.102. The van der Waals surface area contributed by atoms with Crippen molar-refractivity contribution in [2.75, 3.05) is 5.75 Å². The fourth-order valence-corrected chi connectivity index (χ4v) is 3.52. The van der Waals surface area contributed by atoms with Gasteiger partial charge in [0.2, 0.25) is 0 Å². The molecule has 6 nitrogen and oxygen atoms in total. The molecule has 29 heavy (non-hydrogen) atoms. The molecule has 4 aromatic rings. The molecule has 0 unspecified atom stereocenters. The number of hydrogen-bond donors (Lipinski definition) is 0. The molecule has 3 heterocycles. The van der Waals surface area contributed by atoms with Gasteiger partial charge >= 0.3 is 0 Å². The lowest BCUT2D eigenvalue weighted by atomic mass is 10.1. The zero-order chi connectivity index (χ0) is 20.2. The number of carbonyl (C=O) groups excluding carboxylic acids is 1. The summed E-state index contributed by atoms with van der Waals surface area (Å²) in [6, 6.07) is 10.4. The van der Waals surface area contributed by atoms with Gasteiger partial charge in [-0.25, -0.2) is 8.78 Å². The van der Waals surface area contributed by atoms with Gasteiger partial charge in [-0.15, -0.1) is 10.2 Å². The summed E-state index contributed by atoms with van der Waals surface area (Å²) in [6.45, 7) is 0.367. The monoisotopic (exact) mass is 412 g/mol. The molecule has 0 aliphatic heterocycles. The van der Waals surface area contributed by atoms with Crippen molar-refractivity contribution in [1.82, 2.24) is 19.7 Å². The second kappa shape index (κ2) is 8.36. The van der Waals surface area contributed by atoms with Crippen LogP contribution in [0.1, 0.15) is 16.1 Å². The SMILES string of the molecule is O=C(CSc1nnc(-c2cccnc2)n1Cc1ccco1)c1ccc(F)c(F)c1. The zero-order valence-corrected chi connectivity index (χ0v) is 15.8. The molecule has 0 aliphatic carbocycles. The molecule has 0 radical (unpaired) electrons. The van der Waals surface area contributed by atoms with Gasteiger partial charge in [-0.2, -0.15) is 0 Å². The maximum absolute atomic E-state index is 13.4. The van der Waals surface area contributed by atoms with E-state index in [1.165, 1.54) is 6.07 Å². The van der Waals surface area contributed by atoms with Crippen LogP contribution in [0.2, 0.25) is 0 Å². The molecule has 0 fully saturated rings. The standard InChI is InChI=1S/C20H14F2N4O2S/c21-16-6-5-13(9-17(16)22)18(27)12-29-20-25-24-19(14-3-1-7-23-10-14)26(20)11-15-4-2-8-28-15/h1-10H,11-12H2. The number of halogens is 2. The number of benzene rings is 1. The summed E-state index contributed by atoms with van der Waals surface area (Å²) in [5, 5.41) is 8.92. The van der Waals surface area contributed by atoms with Crippen LogP contribution in [0.15, 0.2) is 70.7 Å². The van der Waals surface area contributed by atoms with Crippen LogP contribution >= 0.6 is 11.8 Å². The minimum Gasteiger partial charge on any atom is -0.467 e. The molecule has 0 bridgehead atoms. The fourth-order valence-electron chi connectivity index (χ4n) is 2.69. The van der Waals surface area contributed by atoms with E-state index in [1.807, 2.05) is 16.7 Å². The van der Waals surface area contributed by atoms with Crippen LogP contribution in [0, 0.1) is 11.6 Å². The first-order chi connectivity index (χ1) is 14.1. The summed E-state index contributed by atoms with van der Waals surface area (Å²) in [6.07, 6.45) is 4.90. The van der Waals surface area contributed by atoms with Gasteiger partial charge in [0.15, 0.2) is 28.4 Å². The normalized spacial score (nSPS) is 11.0. The van der Waals surface area contributed by atoms with E-state index in [-0.39, 0.29) is 17.1 Å². The first-order valence-corrected chi connectivity index (χ1v) is 9.57. The van der Waals surface area contributed by atoms with Gasteiger partial charge < -0.3 is 4.42 Å². The van der Waals surface area contributed by atoms with Gasteiger partial charge in [-0.1, -0.05) is 11.8 Å². The van der Waals surface area contributed by atoms with E-state index in [1.54, 1.807) is 30.8 Å². The second-order valence-corrected chi connectivity index (χ2v) is 7.00. The minimum atomic E-state index is -1.05. The Morgan fingerprint density at radius 1 is 1.10 bits per heavy atom. The Bertz CT molecular complexity index is 1130. The van der Waals surface area contributed by atoms with Crippen LogP contribution in [0.5, 0.6) is 0 Å². The van der Waals surface area contributed by atoms with Crippen molar-refractivity contribution in [3.63, 3.8) is 0 Å². The van der Waals surface area contributed by atoms with E-state index in [0.717, 1.165) is 29.5 Å². The van der Waals surface area contributed by atoms with Gasteiger partial charge in [-0.05, 0) is 42.5 Å². The van der Waals surface area contributed by atoms with E-state index in [0.29, 0.717) is 23.3 Å². The van der Waals surface area contributed by atoms with E-state index < -0.39 is 11.6 Å². The van der Waals surface area contributed by atoms with Crippen molar-refractivity contribution >= 4 is 17.5 Å². The second-order valence-electron chi connectivity index (χ2n) is 6.05. The molecule has 4 rings (SSSR count). The van der Waals surface area contributed by atoms with E-state index in [2.05, 4.69) is 15.2 Å². The molecular weight excluding hydrogens is 398 g/mol. The number of Topliss-reactive ketones (excluding diaryl/α,β-unsaturated/α-hetero) is 1. The van der Waals surface area contributed by atoms with Crippen LogP contribution in [0.4, 0.5) is 8.78 Å². The molecule has 0 saturated carbocycles. The molecule has 0 N–H and O–H groups in total. The van der Waals surface area contributed by atoms with Crippen LogP contribution in [0.25, 0.3) is 11.4 Å². The maximum atomic E-state index is 13.4. The van der Waals surface area contributed by atoms with E-state index in [9.17, 15) is 13.6 Å². The third kappa shape index (κ3) is 4.24. The molecule has 3 aromatic heterocycles. The fraction of sp³-hybridized carbons (Fsp3) is 0.100. The predicted molar refractivity (Wildman–Crippen MR) is 102 cm³/mol. The largest absolute Gasteiger partial charge is 0.467 e. The highest BCUT2D eigenvalue weighted by atomic mass is 32.2. The van der Waals surface area contributed by atoms with Crippen molar-refractivity contribution in [3.8, 4) is 11.4 Å². The molecule has 1 aromatic carbocycles. The number of ketones is 1. The number of thioether (sulfide) groups is 1. The molecular formula is C20H14F2N4O2S. The zero-order valence-electron chi connectivity index (χ0n) is 15.0. The number of furan rings is 1. The van der Waals surface area contributed by atoms with Crippen LogP contribution < -0.4 is 0 Å². The average molecular weight is 412 g/mol. The third-order valence-electron chi connectivity index (χ3n) is 4.10. The molecule has 0 atom stereocenters. The third-order valence-corrected chi connectivity index (χ3v) is 5.07. The lowest BCUT2D eigenvalue weighted by Crippen LogP contribution is -2.07. The smallest absolute Gasteiger partial charge is 0.192 e. The highest BCUT2D eigenvalue weighted by molar-refractivity contribution is 7.99. The summed E-state index contributed by atoms with van der Waals surface area (Å²) in [5.41, 5.74) is 0.867. The van der Waals surface area contributed by atoms with Crippen molar-refractivity contribution in [1.29, 1.82) is 0 Å². The first kappa shape index (κ1) is 19.0. The maximum Gasteiger partial charge on any atom is 0.192 e. The molecule has 0 saturated heterocycles. The highest BCUT2D eigenvalue weighted by Crippen LogP contribution is 2.25. The summed E-state index contributed by atoms with van der Waals surface area (Å²) in [7, 11) is 0. The number of pyridine rings is 1. The van der Waals surface area contributed by atoms with E-state index >= 15 is 0 Å². The highest BCUT2D eigenvalue weighted by Gasteiger charge is 2.18. The number of rotatable bonds is 7. The number of aromatic nitrogens is 4. The summed E-state index contributed by atoms with van der Waals surface area (Å²) < 4.78 is 33.7. The Balaban J connectivity index is 1.58. The number of hydrogen-bond acceptors (Lipinski definition) is 6. The Labute approximate surface area is 168 Å². The first-order valence-electron chi connectivity index (χ1n) is 8.59. The average Bonchev–Trinajstić information content (AvgIpc) is 3.39. The van der Waals surface area contributed by atoms with Crippen molar-refractivity contribution in [2.45, 2.75) is 11.7 Å². The van der Waals surface area contributed by atoms with Crippen LogP contribution in [-0.4, -0.2) is 31.3 Å². The molecule has 146 valence electrons. The molecule has 0 aliphatic rings. The topological polar surface area (TPSA) is 73.8 Å². The minimum absolute atomic E-state index is 0.00556. The summed E-state index contributed by atoms with van der Waals surface area (Å²) in [4.78, 5) is 16.5.